The zero-order chi connectivity index (χ0) is 14.8. The molecular formula is C12H8BCl2F3KNO. The monoisotopic (exact) mass is 359 g/mol. The van der Waals surface area contributed by atoms with E-state index in [0.717, 1.165) is 12.3 Å². The first kappa shape index (κ1) is 19.3. The Kier molecular flexibility index (Phi) is 7.53. The molecule has 1 aromatic heterocycles. The molecule has 0 saturated heterocycles. The van der Waals surface area contributed by atoms with Crippen molar-refractivity contribution in [2.75, 3.05) is 0 Å². The molecule has 0 aliphatic heterocycles. The molecule has 2 rings (SSSR count). The summed E-state index contributed by atoms with van der Waals surface area (Å²) in [6.07, 6.45) is 1.98. The molecule has 21 heavy (non-hydrogen) atoms. The fourth-order valence-corrected chi connectivity index (χ4v) is 1.88. The smallest absolute Gasteiger partial charge is 0.487 e. The van der Waals surface area contributed by atoms with E-state index in [0.29, 0.717) is 15.6 Å². The van der Waals surface area contributed by atoms with E-state index in [9.17, 15) is 12.9 Å². The van der Waals surface area contributed by atoms with Crippen LogP contribution in [0.25, 0.3) is 0 Å². The maximum Gasteiger partial charge on any atom is 1.00 e. The van der Waals surface area contributed by atoms with E-state index in [-0.39, 0.29) is 63.7 Å². The largest absolute Gasteiger partial charge is 1.00 e. The minimum Gasteiger partial charge on any atom is -0.487 e. The van der Waals surface area contributed by atoms with Crippen molar-refractivity contribution in [2.24, 2.45) is 0 Å². The van der Waals surface area contributed by atoms with E-state index in [4.69, 9.17) is 27.9 Å². The van der Waals surface area contributed by atoms with E-state index < -0.39 is 12.4 Å². The van der Waals surface area contributed by atoms with Gasteiger partial charge in [0, 0.05) is 21.8 Å². The van der Waals surface area contributed by atoms with Crippen molar-refractivity contribution in [1.82, 2.24) is 4.98 Å². The van der Waals surface area contributed by atoms with Gasteiger partial charge >= 0.3 is 58.4 Å². The van der Waals surface area contributed by atoms with Crippen LogP contribution < -0.4 is 61.6 Å². The van der Waals surface area contributed by atoms with Gasteiger partial charge in [-0.3, -0.25) is 4.98 Å². The molecule has 0 bridgehead atoms. The number of benzene rings is 1. The number of hydrogen-bond acceptors (Lipinski definition) is 2. The van der Waals surface area contributed by atoms with Crippen molar-refractivity contribution in [2.45, 2.75) is 6.61 Å². The Morgan fingerprint density at radius 1 is 1.10 bits per heavy atom. The molecule has 0 atom stereocenters. The van der Waals surface area contributed by atoms with Crippen LogP contribution in [0.15, 0.2) is 36.7 Å². The van der Waals surface area contributed by atoms with Crippen molar-refractivity contribution in [1.29, 1.82) is 0 Å². The van der Waals surface area contributed by atoms with Gasteiger partial charge in [0.1, 0.15) is 12.4 Å². The molecule has 0 spiro atoms. The van der Waals surface area contributed by atoms with Gasteiger partial charge in [-0.25, -0.2) is 0 Å². The predicted octanol–water partition coefficient (Wildman–Crippen LogP) is 1.03. The van der Waals surface area contributed by atoms with Crippen LogP contribution in [0.1, 0.15) is 5.56 Å². The Morgan fingerprint density at radius 3 is 2.48 bits per heavy atom. The summed E-state index contributed by atoms with van der Waals surface area (Å²) in [5.41, 5.74) is -0.221. The molecule has 1 aromatic carbocycles. The van der Waals surface area contributed by atoms with E-state index in [1.807, 2.05) is 0 Å². The Bertz CT molecular complexity index is 628. The van der Waals surface area contributed by atoms with Crippen LogP contribution in [0.2, 0.25) is 10.0 Å². The van der Waals surface area contributed by atoms with E-state index >= 15 is 0 Å². The minimum absolute atomic E-state index is 0. The average Bonchev–Trinajstić information content (AvgIpc) is 2.39. The quantitative estimate of drug-likeness (QED) is 0.760. The molecular weight excluding hydrogens is 352 g/mol. The van der Waals surface area contributed by atoms with Crippen molar-refractivity contribution < 1.29 is 69.1 Å². The molecule has 0 fully saturated rings. The van der Waals surface area contributed by atoms with Crippen LogP contribution in [0, 0.1) is 0 Å². The van der Waals surface area contributed by atoms with E-state index in [2.05, 4.69) is 4.98 Å². The van der Waals surface area contributed by atoms with Gasteiger partial charge in [0.05, 0.1) is 6.20 Å². The Balaban J connectivity index is 0.00000220. The fraction of sp³-hybridized carbons (Fsp3) is 0.0833. The van der Waals surface area contributed by atoms with Crippen LogP contribution in [0.5, 0.6) is 5.75 Å². The molecule has 0 radical (unpaired) electrons. The second kappa shape index (κ2) is 8.19. The van der Waals surface area contributed by atoms with Gasteiger partial charge in [0.15, 0.2) is 0 Å². The Hall–Kier alpha value is 0.241. The fourth-order valence-electron chi connectivity index (χ4n) is 1.51. The summed E-state index contributed by atoms with van der Waals surface area (Å²) in [5, 5.41) is 0.900. The number of pyridine rings is 1. The summed E-state index contributed by atoms with van der Waals surface area (Å²) in [6, 6.07) is 5.71. The third-order valence-electron chi connectivity index (χ3n) is 2.51. The summed E-state index contributed by atoms with van der Waals surface area (Å²) in [4.78, 5) is 3.51. The van der Waals surface area contributed by atoms with Crippen molar-refractivity contribution in [3.63, 3.8) is 0 Å². The number of aromatic nitrogens is 1. The summed E-state index contributed by atoms with van der Waals surface area (Å²) >= 11 is 11.7. The third kappa shape index (κ3) is 5.74. The average molecular weight is 360 g/mol. The summed E-state index contributed by atoms with van der Waals surface area (Å²) < 4.78 is 43.0. The van der Waals surface area contributed by atoms with Gasteiger partial charge in [-0.1, -0.05) is 28.7 Å². The Morgan fingerprint density at radius 2 is 1.81 bits per heavy atom. The van der Waals surface area contributed by atoms with Crippen molar-refractivity contribution in [3.05, 3.63) is 52.3 Å². The molecule has 0 N–H and O–H groups in total. The molecule has 0 unspecified atom stereocenters. The first-order valence-electron chi connectivity index (χ1n) is 5.58. The number of nitrogens with zero attached hydrogens (tertiary/aromatic N) is 1. The van der Waals surface area contributed by atoms with Gasteiger partial charge in [0.2, 0.25) is 0 Å². The second-order valence-electron chi connectivity index (χ2n) is 4.05. The van der Waals surface area contributed by atoms with Gasteiger partial charge in [-0.2, -0.15) is 0 Å². The zero-order valence-electron chi connectivity index (χ0n) is 11.0. The standard InChI is InChI=1S/C12H8BCl2F3NO.K/c14-10-1-2-12(15)8(3-10)7-20-11-4-9(5-19-6-11)13(16,17)18;/h1-6H,7H2;/q-1;+1. The first-order chi connectivity index (χ1) is 9.36. The molecule has 0 saturated carbocycles. The third-order valence-corrected chi connectivity index (χ3v) is 3.12. The Labute approximate surface area is 172 Å². The molecule has 0 amide bonds. The summed E-state index contributed by atoms with van der Waals surface area (Å²) in [5.74, 6) is 0.0257. The number of hydrogen-bond donors (Lipinski definition) is 0. The number of rotatable bonds is 4. The molecule has 2 aromatic rings. The van der Waals surface area contributed by atoms with E-state index in [1.54, 1.807) is 18.2 Å². The topological polar surface area (TPSA) is 22.1 Å². The summed E-state index contributed by atoms with van der Waals surface area (Å²) in [6.45, 7) is -5.09. The van der Waals surface area contributed by atoms with Crippen molar-refractivity contribution >= 4 is 35.6 Å². The number of halogens is 5. The SMILES string of the molecule is F[B-](F)(F)c1cncc(OCc2cc(Cl)ccc2Cl)c1.[K+]. The molecule has 1 heterocycles. The minimum atomic E-state index is -5.10. The van der Waals surface area contributed by atoms with Crippen LogP contribution in [0.4, 0.5) is 12.9 Å². The van der Waals surface area contributed by atoms with Gasteiger partial charge in [-0.15, -0.1) is 0 Å². The second-order valence-corrected chi connectivity index (χ2v) is 4.90. The summed E-state index contributed by atoms with van der Waals surface area (Å²) in [7, 11) is 0. The van der Waals surface area contributed by atoms with Crippen molar-refractivity contribution in [3.8, 4) is 5.75 Å². The van der Waals surface area contributed by atoms with Crippen LogP contribution in [-0.2, 0) is 6.61 Å². The first-order valence-corrected chi connectivity index (χ1v) is 6.33. The van der Waals surface area contributed by atoms with Gasteiger partial charge < -0.3 is 17.7 Å². The van der Waals surface area contributed by atoms with Gasteiger partial charge in [0.25, 0.3) is 0 Å². The molecule has 2 nitrogen and oxygen atoms in total. The zero-order valence-corrected chi connectivity index (χ0v) is 15.6. The number of ether oxygens (including phenoxy) is 1. The van der Waals surface area contributed by atoms with E-state index in [1.165, 1.54) is 6.20 Å². The predicted molar refractivity (Wildman–Crippen MR) is 73.7 cm³/mol. The molecule has 0 aliphatic rings. The maximum atomic E-state index is 12.6. The normalized spacial score (nSPS) is 10.9. The molecule has 106 valence electrons. The van der Waals surface area contributed by atoms with Crippen LogP contribution in [-0.4, -0.2) is 12.0 Å². The van der Waals surface area contributed by atoms with Crippen LogP contribution in [0.3, 0.4) is 0 Å². The van der Waals surface area contributed by atoms with Gasteiger partial charge in [-0.05, 0) is 24.3 Å². The maximum absolute atomic E-state index is 12.6. The van der Waals surface area contributed by atoms with Crippen LogP contribution >= 0.6 is 23.2 Å². The molecule has 9 heteroatoms. The molecule has 0 aliphatic carbocycles.